The first kappa shape index (κ1) is 28.3. The Balaban J connectivity index is 1.60. The van der Waals surface area contributed by atoms with Gasteiger partial charge in [0.15, 0.2) is 5.60 Å². The van der Waals surface area contributed by atoms with Gasteiger partial charge in [0.1, 0.15) is 17.4 Å². The van der Waals surface area contributed by atoms with E-state index in [1.807, 2.05) is 44.2 Å². The molecule has 9 heteroatoms. The van der Waals surface area contributed by atoms with Crippen LogP contribution in [0.3, 0.4) is 0 Å². The van der Waals surface area contributed by atoms with Crippen molar-refractivity contribution in [3.05, 3.63) is 65.7 Å². The Morgan fingerprint density at radius 2 is 1.59 bits per heavy atom. The Kier molecular flexibility index (Phi) is 7.33. The fourth-order valence-corrected chi connectivity index (χ4v) is 5.18. The van der Waals surface area contributed by atoms with Crippen molar-refractivity contribution in [2.75, 3.05) is 14.1 Å². The number of benzene rings is 2. The van der Waals surface area contributed by atoms with Crippen molar-refractivity contribution in [1.29, 1.82) is 0 Å². The molecule has 9 nitrogen and oxygen atoms in total. The maximum atomic E-state index is 14.0. The van der Waals surface area contributed by atoms with Crippen molar-refractivity contribution in [3.8, 4) is 5.75 Å². The van der Waals surface area contributed by atoms with Crippen molar-refractivity contribution in [2.45, 2.75) is 64.9 Å². The van der Waals surface area contributed by atoms with Crippen LogP contribution in [0, 0.1) is 11.3 Å². The van der Waals surface area contributed by atoms with E-state index in [-0.39, 0.29) is 13.0 Å². The van der Waals surface area contributed by atoms with Gasteiger partial charge in [0.05, 0.1) is 12.5 Å². The second kappa shape index (κ2) is 10.1. The Bertz CT molecular complexity index is 1260. The van der Waals surface area contributed by atoms with E-state index in [1.54, 1.807) is 59.1 Å². The topological polar surface area (TPSA) is 102 Å². The third kappa shape index (κ3) is 5.28. The number of ether oxygens (including phenoxy) is 3. The van der Waals surface area contributed by atoms with Crippen LogP contribution >= 0.6 is 0 Å². The van der Waals surface area contributed by atoms with E-state index in [9.17, 15) is 19.2 Å². The molecule has 4 rings (SSSR count). The highest BCUT2D eigenvalue weighted by molar-refractivity contribution is 6.17. The van der Waals surface area contributed by atoms with Crippen molar-refractivity contribution in [3.63, 3.8) is 0 Å². The second-order valence-electron chi connectivity index (χ2n) is 11.8. The monoisotopic (exact) mass is 536 g/mol. The number of esters is 1. The number of imide groups is 1. The molecule has 2 fully saturated rings. The lowest BCUT2D eigenvalue weighted by molar-refractivity contribution is -0.170. The highest BCUT2D eigenvalue weighted by Gasteiger charge is 2.86. The second-order valence-corrected chi connectivity index (χ2v) is 11.8. The lowest BCUT2D eigenvalue weighted by Crippen LogP contribution is -2.53. The number of rotatable bonds is 8. The highest BCUT2D eigenvalue weighted by Crippen LogP contribution is 2.69. The van der Waals surface area contributed by atoms with Crippen molar-refractivity contribution in [1.82, 2.24) is 9.80 Å². The Hall–Kier alpha value is -3.72. The van der Waals surface area contributed by atoms with Crippen LogP contribution in [0.1, 0.15) is 45.7 Å². The summed E-state index contributed by atoms with van der Waals surface area (Å²) in [5, 5.41) is 0. The summed E-state index contributed by atoms with van der Waals surface area (Å²) < 4.78 is 17.1. The van der Waals surface area contributed by atoms with E-state index in [4.69, 9.17) is 14.2 Å². The zero-order valence-corrected chi connectivity index (χ0v) is 23.5. The van der Waals surface area contributed by atoms with Gasteiger partial charge in [-0.1, -0.05) is 56.3 Å². The summed E-state index contributed by atoms with van der Waals surface area (Å²) in [6, 6.07) is 14.8. The zero-order valence-electron chi connectivity index (χ0n) is 23.5. The molecule has 2 aliphatic rings. The molecule has 208 valence electrons. The fourth-order valence-electron chi connectivity index (χ4n) is 5.18. The Morgan fingerprint density at radius 1 is 0.974 bits per heavy atom. The van der Waals surface area contributed by atoms with E-state index in [0.717, 1.165) is 10.5 Å². The molecule has 3 atom stereocenters. The smallest absolute Gasteiger partial charge is 0.414 e. The largest absolute Gasteiger partial charge is 0.458 e. The van der Waals surface area contributed by atoms with Gasteiger partial charge >= 0.3 is 12.1 Å². The lowest BCUT2D eigenvalue weighted by atomic mass is 9.99. The highest BCUT2D eigenvalue weighted by atomic mass is 16.6. The first-order chi connectivity index (χ1) is 18.2. The maximum absolute atomic E-state index is 14.0. The molecule has 0 radical (unpaired) electrons. The third-order valence-electron chi connectivity index (χ3n) is 7.25. The molecule has 39 heavy (non-hydrogen) atoms. The van der Waals surface area contributed by atoms with Crippen LogP contribution in [0.5, 0.6) is 5.75 Å². The number of fused-ring (bicyclic) bond motifs is 1. The molecule has 1 aliphatic carbocycles. The number of likely N-dealkylation sites (tertiary alicyclic amines) is 1. The van der Waals surface area contributed by atoms with E-state index in [1.165, 1.54) is 4.90 Å². The molecule has 0 aromatic heterocycles. The van der Waals surface area contributed by atoms with Crippen molar-refractivity contribution < 1.29 is 33.4 Å². The molecule has 1 saturated carbocycles. The predicted octanol–water partition coefficient (Wildman–Crippen LogP) is 3.98. The third-order valence-corrected chi connectivity index (χ3v) is 7.25. The van der Waals surface area contributed by atoms with Gasteiger partial charge in [0.2, 0.25) is 5.91 Å². The standard InChI is InChI=1S/C30H36N2O7/c1-28(2,3)39-25(34)22(17-19-13-15-21(16-14-19)38-27(36)31(6)7)32-24(33)23-29(4,5)30(23,26(32)35)37-18-20-11-9-8-10-12-20/h8-16,22-23H,17-18H2,1-7H3/t22-,23?,30?/m0/s1. The molecule has 0 bridgehead atoms. The Labute approximate surface area is 229 Å². The zero-order chi connectivity index (χ0) is 28.8. The first-order valence-corrected chi connectivity index (χ1v) is 13.0. The average Bonchev–Trinajstić information content (AvgIpc) is 3.26. The van der Waals surface area contributed by atoms with E-state index in [0.29, 0.717) is 11.3 Å². The SMILES string of the molecule is CN(C)C(=O)Oc1ccc(C[C@@H](C(=O)OC(C)(C)C)N2C(=O)C3C(C)(C)C3(OCc3ccccc3)C2=O)cc1. The number of hydrogen-bond acceptors (Lipinski definition) is 7. The molecule has 1 aliphatic heterocycles. The van der Waals surface area contributed by atoms with E-state index in [2.05, 4.69) is 0 Å². The van der Waals surface area contributed by atoms with Crippen LogP contribution < -0.4 is 4.74 Å². The minimum atomic E-state index is -1.34. The molecular formula is C30H36N2O7. The lowest BCUT2D eigenvalue weighted by Gasteiger charge is -2.32. The van der Waals surface area contributed by atoms with Gasteiger partial charge in [-0.05, 0) is 44.0 Å². The normalized spacial score (nSPS) is 22.2. The maximum Gasteiger partial charge on any atom is 0.414 e. The Morgan fingerprint density at radius 3 is 2.15 bits per heavy atom. The first-order valence-electron chi connectivity index (χ1n) is 13.0. The van der Waals surface area contributed by atoms with Gasteiger partial charge in [-0.25, -0.2) is 9.59 Å². The average molecular weight is 537 g/mol. The van der Waals surface area contributed by atoms with Crippen LogP contribution in [0.25, 0.3) is 0 Å². The van der Waals surface area contributed by atoms with Crippen LogP contribution in [0.2, 0.25) is 0 Å². The summed E-state index contributed by atoms with van der Waals surface area (Å²) in [5.74, 6) is -2.00. The van der Waals surface area contributed by atoms with Crippen LogP contribution in [0.4, 0.5) is 4.79 Å². The van der Waals surface area contributed by atoms with Crippen LogP contribution in [-0.4, -0.2) is 65.0 Å². The molecule has 2 unspecified atom stereocenters. The summed E-state index contributed by atoms with van der Waals surface area (Å²) in [6.07, 6.45) is -0.485. The minimum absolute atomic E-state index is 0.0379. The summed E-state index contributed by atoms with van der Waals surface area (Å²) >= 11 is 0. The summed E-state index contributed by atoms with van der Waals surface area (Å²) in [5.41, 5.74) is -1.33. The van der Waals surface area contributed by atoms with Gasteiger partial charge in [0.25, 0.3) is 5.91 Å². The quantitative estimate of drug-likeness (QED) is 0.371. The number of hydrogen-bond donors (Lipinski definition) is 0. The molecule has 0 spiro atoms. The van der Waals surface area contributed by atoms with Gasteiger partial charge in [-0.3, -0.25) is 14.5 Å². The summed E-state index contributed by atoms with van der Waals surface area (Å²) in [6.45, 7) is 9.04. The van der Waals surface area contributed by atoms with Gasteiger partial charge in [-0.15, -0.1) is 0 Å². The van der Waals surface area contributed by atoms with E-state index >= 15 is 0 Å². The molecule has 2 aromatic rings. The number of carbonyl (C=O) groups is 4. The molecule has 1 saturated heterocycles. The van der Waals surface area contributed by atoms with E-state index < -0.39 is 52.5 Å². The van der Waals surface area contributed by atoms with Crippen LogP contribution in [0.15, 0.2) is 54.6 Å². The molecule has 1 heterocycles. The molecular weight excluding hydrogens is 500 g/mol. The predicted molar refractivity (Wildman–Crippen MR) is 143 cm³/mol. The minimum Gasteiger partial charge on any atom is -0.458 e. The van der Waals surface area contributed by atoms with Gasteiger partial charge in [0, 0.05) is 25.9 Å². The fraction of sp³-hybridized carbons (Fsp3) is 0.467. The van der Waals surface area contributed by atoms with Crippen molar-refractivity contribution in [2.24, 2.45) is 11.3 Å². The number of piperidine rings is 1. The number of carbonyl (C=O) groups excluding carboxylic acids is 4. The summed E-state index contributed by atoms with van der Waals surface area (Å²) in [7, 11) is 3.16. The van der Waals surface area contributed by atoms with Gasteiger partial charge < -0.3 is 19.1 Å². The molecule has 0 N–H and O–H groups in total. The van der Waals surface area contributed by atoms with Gasteiger partial charge in [-0.2, -0.15) is 0 Å². The summed E-state index contributed by atoms with van der Waals surface area (Å²) in [4.78, 5) is 55.3. The molecule has 3 amide bonds. The van der Waals surface area contributed by atoms with Crippen LogP contribution in [-0.2, 0) is 36.9 Å². The molecule has 2 aromatic carbocycles. The number of nitrogens with zero attached hydrogens (tertiary/aromatic N) is 2. The number of amides is 3. The van der Waals surface area contributed by atoms with Crippen molar-refractivity contribution >= 4 is 23.9 Å².